The molecule has 0 bridgehead atoms. The molecule has 0 amide bonds. The molecule has 1 aromatic carbocycles. The first-order valence-electron chi connectivity index (χ1n) is 6.59. The van der Waals surface area contributed by atoms with Gasteiger partial charge >= 0.3 is 0 Å². The molecule has 3 unspecified atom stereocenters. The first kappa shape index (κ1) is 12.9. The molecule has 1 aliphatic rings. The van der Waals surface area contributed by atoms with E-state index < -0.39 is 0 Å². The van der Waals surface area contributed by atoms with Crippen molar-refractivity contribution in [2.75, 3.05) is 0 Å². The van der Waals surface area contributed by atoms with Crippen LogP contribution in [0.25, 0.3) is 0 Å². The van der Waals surface area contributed by atoms with Crippen molar-refractivity contribution < 1.29 is 0 Å². The monoisotopic (exact) mass is 251 g/mol. The Morgan fingerprint density at radius 3 is 2.76 bits per heavy atom. The third-order valence-electron chi connectivity index (χ3n) is 4.08. The van der Waals surface area contributed by atoms with Gasteiger partial charge in [0.15, 0.2) is 0 Å². The summed E-state index contributed by atoms with van der Waals surface area (Å²) in [6, 6.07) is 6.25. The Labute approximate surface area is 109 Å². The summed E-state index contributed by atoms with van der Waals surface area (Å²) in [4.78, 5) is 0. The van der Waals surface area contributed by atoms with Crippen LogP contribution < -0.4 is 5.73 Å². The number of aryl methyl sites for hydroxylation is 1. The minimum atomic E-state index is 0.176. The van der Waals surface area contributed by atoms with Gasteiger partial charge in [-0.05, 0) is 54.9 Å². The van der Waals surface area contributed by atoms with Gasteiger partial charge in [-0.25, -0.2) is 0 Å². The third-order valence-corrected chi connectivity index (χ3v) is 4.31. The van der Waals surface area contributed by atoms with Crippen molar-refractivity contribution in [1.29, 1.82) is 0 Å². The fraction of sp³-hybridized carbons (Fsp3) is 0.600. The van der Waals surface area contributed by atoms with Gasteiger partial charge in [-0.1, -0.05) is 37.4 Å². The van der Waals surface area contributed by atoms with E-state index in [1.165, 1.54) is 36.8 Å². The predicted octanol–water partition coefficient (Wildman–Crippen LogP) is 4.47. The second-order valence-electron chi connectivity index (χ2n) is 5.56. The largest absolute Gasteiger partial charge is 0.324 e. The van der Waals surface area contributed by atoms with Gasteiger partial charge < -0.3 is 5.73 Å². The summed E-state index contributed by atoms with van der Waals surface area (Å²) in [7, 11) is 0. The Morgan fingerprint density at radius 2 is 2.12 bits per heavy atom. The van der Waals surface area contributed by atoms with Crippen molar-refractivity contribution in [2.45, 2.75) is 45.6 Å². The molecule has 0 heterocycles. The van der Waals surface area contributed by atoms with E-state index in [0.717, 1.165) is 10.9 Å². The molecule has 0 aliphatic heterocycles. The Morgan fingerprint density at radius 1 is 1.35 bits per heavy atom. The quantitative estimate of drug-likeness (QED) is 0.824. The lowest BCUT2D eigenvalue weighted by molar-refractivity contribution is 0.247. The molecule has 2 N–H and O–H groups in total. The van der Waals surface area contributed by atoms with Gasteiger partial charge in [-0.15, -0.1) is 0 Å². The third kappa shape index (κ3) is 3.02. The van der Waals surface area contributed by atoms with E-state index in [4.69, 9.17) is 17.3 Å². The van der Waals surface area contributed by atoms with E-state index >= 15 is 0 Å². The molecule has 94 valence electrons. The normalized spacial score (nSPS) is 26.8. The fourth-order valence-corrected chi connectivity index (χ4v) is 3.30. The molecule has 1 saturated carbocycles. The topological polar surface area (TPSA) is 26.0 Å². The van der Waals surface area contributed by atoms with Crippen LogP contribution in [0.15, 0.2) is 18.2 Å². The zero-order valence-electron chi connectivity index (χ0n) is 10.7. The van der Waals surface area contributed by atoms with Crippen molar-refractivity contribution in [3.63, 3.8) is 0 Å². The number of halogens is 1. The van der Waals surface area contributed by atoms with Crippen molar-refractivity contribution in [3.8, 4) is 0 Å². The molecule has 17 heavy (non-hydrogen) atoms. The lowest BCUT2D eigenvalue weighted by Crippen LogP contribution is -2.26. The van der Waals surface area contributed by atoms with Crippen LogP contribution in [0.1, 0.15) is 49.8 Å². The van der Waals surface area contributed by atoms with Crippen LogP contribution in [0, 0.1) is 18.8 Å². The molecule has 0 aromatic heterocycles. The Kier molecular flexibility index (Phi) is 4.11. The average Bonchev–Trinajstić information content (AvgIpc) is 2.28. The maximum absolute atomic E-state index is 6.44. The standard InChI is InChI=1S/C15H22ClN/c1-10-4-3-5-12(8-10)15(17)14-7-6-13(16)9-11(14)2/h6-7,9-10,12,15H,3-5,8,17H2,1-2H3. The van der Waals surface area contributed by atoms with E-state index in [0.29, 0.717) is 5.92 Å². The van der Waals surface area contributed by atoms with Crippen LogP contribution in [-0.4, -0.2) is 0 Å². The van der Waals surface area contributed by atoms with Crippen LogP contribution in [0.3, 0.4) is 0 Å². The zero-order chi connectivity index (χ0) is 12.4. The van der Waals surface area contributed by atoms with E-state index in [1.54, 1.807) is 0 Å². The smallest absolute Gasteiger partial charge is 0.0408 e. The summed E-state index contributed by atoms with van der Waals surface area (Å²) in [6.45, 7) is 4.45. The van der Waals surface area contributed by atoms with Crippen LogP contribution in [0.4, 0.5) is 0 Å². The minimum absolute atomic E-state index is 0.176. The number of rotatable bonds is 2. The Balaban J connectivity index is 2.15. The molecule has 3 atom stereocenters. The van der Waals surface area contributed by atoms with Crippen LogP contribution >= 0.6 is 11.6 Å². The van der Waals surface area contributed by atoms with Gasteiger partial charge in [0.1, 0.15) is 0 Å². The summed E-state index contributed by atoms with van der Waals surface area (Å²) >= 11 is 5.99. The molecule has 1 aliphatic carbocycles. The molecule has 2 rings (SSSR count). The highest BCUT2D eigenvalue weighted by molar-refractivity contribution is 6.30. The maximum atomic E-state index is 6.44. The molecule has 1 nitrogen and oxygen atoms in total. The average molecular weight is 252 g/mol. The second-order valence-corrected chi connectivity index (χ2v) is 5.99. The molecule has 0 spiro atoms. The van der Waals surface area contributed by atoms with Gasteiger partial charge in [0.25, 0.3) is 0 Å². The summed E-state index contributed by atoms with van der Waals surface area (Å²) in [5, 5.41) is 0.801. The van der Waals surface area contributed by atoms with E-state index in [9.17, 15) is 0 Å². The van der Waals surface area contributed by atoms with E-state index in [1.807, 2.05) is 12.1 Å². The zero-order valence-corrected chi connectivity index (χ0v) is 11.5. The van der Waals surface area contributed by atoms with E-state index in [-0.39, 0.29) is 6.04 Å². The molecule has 0 radical (unpaired) electrons. The highest BCUT2D eigenvalue weighted by Gasteiger charge is 2.25. The summed E-state index contributed by atoms with van der Waals surface area (Å²) in [5.74, 6) is 1.46. The minimum Gasteiger partial charge on any atom is -0.324 e. The summed E-state index contributed by atoms with van der Waals surface area (Å²) < 4.78 is 0. The van der Waals surface area contributed by atoms with Gasteiger partial charge in [-0.2, -0.15) is 0 Å². The van der Waals surface area contributed by atoms with Crippen molar-refractivity contribution in [3.05, 3.63) is 34.3 Å². The lowest BCUT2D eigenvalue weighted by atomic mass is 9.76. The molecule has 0 saturated heterocycles. The van der Waals surface area contributed by atoms with Gasteiger partial charge in [0.2, 0.25) is 0 Å². The Hall–Kier alpha value is -0.530. The maximum Gasteiger partial charge on any atom is 0.0408 e. The molecule has 2 heteroatoms. The highest BCUT2D eigenvalue weighted by atomic mass is 35.5. The van der Waals surface area contributed by atoms with Crippen molar-refractivity contribution in [1.82, 2.24) is 0 Å². The summed E-state index contributed by atoms with van der Waals surface area (Å²) in [5.41, 5.74) is 8.94. The molecular formula is C15H22ClN. The predicted molar refractivity (Wildman–Crippen MR) is 74.2 cm³/mol. The van der Waals surface area contributed by atoms with Crippen LogP contribution in [0.5, 0.6) is 0 Å². The van der Waals surface area contributed by atoms with Crippen molar-refractivity contribution >= 4 is 11.6 Å². The number of hydrogen-bond acceptors (Lipinski definition) is 1. The SMILES string of the molecule is Cc1cc(Cl)ccc1C(N)C1CCCC(C)C1. The number of benzene rings is 1. The highest BCUT2D eigenvalue weighted by Crippen LogP contribution is 2.37. The second kappa shape index (κ2) is 5.41. The molecule has 1 aromatic rings. The van der Waals surface area contributed by atoms with Crippen LogP contribution in [0.2, 0.25) is 5.02 Å². The van der Waals surface area contributed by atoms with E-state index in [2.05, 4.69) is 19.9 Å². The van der Waals surface area contributed by atoms with Gasteiger partial charge in [0, 0.05) is 11.1 Å². The Bertz CT molecular complexity index is 389. The molecular weight excluding hydrogens is 230 g/mol. The summed E-state index contributed by atoms with van der Waals surface area (Å²) in [6.07, 6.45) is 5.23. The molecule has 1 fully saturated rings. The number of hydrogen-bond donors (Lipinski definition) is 1. The van der Waals surface area contributed by atoms with Crippen LogP contribution in [-0.2, 0) is 0 Å². The van der Waals surface area contributed by atoms with Crippen molar-refractivity contribution in [2.24, 2.45) is 17.6 Å². The fourth-order valence-electron chi connectivity index (χ4n) is 3.07. The number of nitrogens with two attached hydrogens (primary N) is 1. The van der Waals surface area contributed by atoms with Gasteiger partial charge in [0.05, 0.1) is 0 Å². The first-order valence-corrected chi connectivity index (χ1v) is 6.97. The first-order chi connectivity index (χ1) is 8.08. The lowest BCUT2D eigenvalue weighted by Gasteiger charge is -2.32. The van der Waals surface area contributed by atoms with Gasteiger partial charge in [-0.3, -0.25) is 0 Å².